The van der Waals surface area contributed by atoms with E-state index in [0.29, 0.717) is 11.4 Å². The highest BCUT2D eigenvalue weighted by atomic mass is 16.6. The molecule has 0 saturated carbocycles. The molecule has 2 aromatic carbocycles. The van der Waals surface area contributed by atoms with E-state index in [1.165, 1.54) is 12.1 Å². The van der Waals surface area contributed by atoms with E-state index in [4.69, 9.17) is 4.74 Å². The number of nitrogens with one attached hydrogen (secondary N) is 1. The minimum absolute atomic E-state index is 0.0443. The van der Waals surface area contributed by atoms with E-state index in [9.17, 15) is 19.7 Å². The largest absolute Gasteiger partial charge is 0.452 e. The van der Waals surface area contributed by atoms with E-state index in [1.807, 2.05) is 36.9 Å². The van der Waals surface area contributed by atoms with Gasteiger partial charge in [0.25, 0.3) is 11.6 Å². The van der Waals surface area contributed by atoms with Crippen LogP contribution in [0.15, 0.2) is 42.5 Å². The lowest BCUT2D eigenvalue weighted by Crippen LogP contribution is -2.30. The maximum absolute atomic E-state index is 12.4. The number of ether oxygens (including phenoxy) is 1. The number of carbonyl (C=O) groups is 2. The van der Waals surface area contributed by atoms with Crippen molar-refractivity contribution in [3.63, 3.8) is 0 Å². The quantitative estimate of drug-likeness (QED) is 0.398. The second-order valence-electron chi connectivity index (χ2n) is 7.87. The summed E-state index contributed by atoms with van der Waals surface area (Å²) >= 11 is 0. The Hall–Kier alpha value is -3.42. The van der Waals surface area contributed by atoms with Crippen molar-refractivity contribution < 1.29 is 19.2 Å². The molecule has 1 amide bonds. The van der Waals surface area contributed by atoms with Crippen LogP contribution in [0, 0.1) is 10.1 Å². The van der Waals surface area contributed by atoms with Gasteiger partial charge in [-0.2, -0.15) is 0 Å². The van der Waals surface area contributed by atoms with Gasteiger partial charge in [0.15, 0.2) is 6.61 Å². The van der Waals surface area contributed by atoms with Crippen molar-refractivity contribution in [2.75, 3.05) is 29.9 Å². The van der Waals surface area contributed by atoms with Gasteiger partial charge >= 0.3 is 5.97 Å². The molecule has 2 aromatic rings. The number of nitro benzene ring substituents is 1. The van der Waals surface area contributed by atoms with E-state index >= 15 is 0 Å². The lowest BCUT2D eigenvalue weighted by atomic mass is 10.0. The van der Waals surface area contributed by atoms with Crippen molar-refractivity contribution >= 4 is 28.9 Å². The minimum Gasteiger partial charge on any atom is -0.452 e. The Bertz CT molecular complexity index is 967. The molecule has 8 heteroatoms. The Kier molecular flexibility index (Phi) is 7.23. The van der Waals surface area contributed by atoms with Gasteiger partial charge in [0.2, 0.25) is 0 Å². The molecule has 31 heavy (non-hydrogen) atoms. The predicted molar refractivity (Wildman–Crippen MR) is 119 cm³/mol. The van der Waals surface area contributed by atoms with E-state index in [-0.39, 0.29) is 17.2 Å². The van der Waals surface area contributed by atoms with Crippen LogP contribution in [0.2, 0.25) is 0 Å². The first-order valence-electron chi connectivity index (χ1n) is 10.5. The third-order valence-electron chi connectivity index (χ3n) is 5.30. The number of piperidine rings is 1. The van der Waals surface area contributed by atoms with Crippen LogP contribution in [0.5, 0.6) is 0 Å². The Morgan fingerprint density at radius 1 is 1.13 bits per heavy atom. The lowest BCUT2D eigenvalue weighted by molar-refractivity contribution is -0.384. The van der Waals surface area contributed by atoms with Crippen molar-refractivity contribution in [3.05, 3.63) is 63.7 Å². The Labute approximate surface area is 181 Å². The molecule has 0 atom stereocenters. The van der Waals surface area contributed by atoms with Crippen molar-refractivity contribution in [3.8, 4) is 0 Å². The first kappa shape index (κ1) is 22.3. The van der Waals surface area contributed by atoms with Gasteiger partial charge in [-0.1, -0.05) is 32.0 Å². The minimum atomic E-state index is -0.777. The number of benzene rings is 2. The fourth-order valence-corrected chi connectivity index (χ4v) is 3.71. The zero-order valence-corrected chi connectivity index (χ0v) is 17.8. The first-order chi connectivity index (χ1) is 14.9. The maximum atomic E-state index is 12.4. The van der Waals surface area contributed by atoms with Gasteiger partial charge in [-0.15, -0.1) is 0 Å². The molecular formula is C23H27N3O5. The van der Waals surface area contributed by atoms with Gasteiger partial charge in [-0.05, 0) is 48.9 Å². The zero-order valence-electron chi connectivity index (χ0n) is 17.8. The summed E-state index contributed by atoms with van der Waals surface area (Å²) in [7, 11) is 0. The molecule has 1 N–H and O–H groups in total. The number of para-hydroxylation sites is 1. The molecule has 1 fully saturated rings. The van der Waals surface area contributed by atoms with Gasteiger partial charge in [0, 0.05) is 24.8 Å². The number of rotatable bonds is 7. The van der Waals surface area contributed by atoms with E-state index in [2.05, 4.69) is 5.32 Å². The zero-order chi connectivity index (χ0) is 22.4. The topological polar surface area (TPSA) is 102 Å². The predicted octanol–water partition coefficient (Wildman–Crippen LogP) is 4.50. The van der Waals surface area contributed by atoms with Gasteiger partial charge in [-0.25, -0.2) is 4.79 Å². The number of hydrogen-bond donors (Lipinski definition) is 1. The van der Waals surface area contributed by atoms with Crippen molar-refractivity contribution in [2.45, 2.75) is 39.0 Å². The molecule has 8 nitrogen and oxygen atoms in total. The number of nitrogens with zero attached hydrogens (tertiary/aromatic N) is 2. The highest BCUT2D eigenvalue weighted by Crippen LogP contribution is 2.31. The molecule has 3 rings (SSSR count). The van der Waals surface area contributed by atoms with Crippen LogP contribution in [0.3, 0.4) is 0 Å². The number of anilines is 2. The molecule has 0 bridgehead atoms. The Balaban J connectivity index is 1.66. The summed E-state index contributed by atoms with van der Waals surface area (Å²) in [6, 6.07) is 11.7. The van der Waals surface area contributed by atoms with Crippen molar-refractivity contribution in [1.82, 2.24) is 0 Å². The number of esters is 1. The second kappa shape index (κ2) is 10.1. The molecule has 0 radical (unpaired) electrons. The summed E-state index contributed by atoms with van der Waals surface area (Å²) in [5.41, 5.74) is 2.06. The Morgan fingerprint density at radius 3 is 2.52 bits per heavy atom. The number of carbonyl (C=O) groups excluding carboxylic acids is 2. The van der Waals surface area contributed by atoms with Crippen LogP contribution in [0.25, 0.3) is 0 Å². The molecule has 0 aromatic heterocycles. The van der Waals surface area contributed by atoms with Crippen LogP contribution < -0.4 is 10.2 Å². The molecule has 1 saturated heterocycles. The second-order valence-corrected chi connectivity index (χ2v) is 7.87. The normalized spacial score (nSPS) is 13.7. The van der Waals surface area contributed by atoms with Crippen LogP contribution >= 0.6 is 0 Å². The summed E-state index contributed by atoms with van der Waals surface area (Å²) in [5.74, 6) is -1.03. The van der Waals surface area contributed by atoms with Crippen LogP contribution in [0.1, 0.15) is 54.9 Å². The van der Waals surface area contributed by atoms with Gasteiger partial charge in [0.1, 0.15) is 5.69 Å². The third kappa shape index (κ3) is 5.59. The number of nitro groups is 1. The van der Waals surface area contributed by atoms with E-state index in [1.54, 1.807) is 12.1 Å². The molecule has 0 aliphatic carbocycles. The van der Waals surface area contributed by atoms with E-state index in [0.717, 1.165) is 37.9 Å². The van der Waals surface area contributed by atoms with Crippen LogP contribution in [-0.4, -0.2) is 36.5 Å². The molecule has 1 aliphatic heterocycles. The SMILES string of the molecule is CC(C)c1ccccc1NC(=O)COC(=O)c1ccc(N2CCCCC2)c([N+](=O)[O-])c1. The van der Waals surface area contributed by atoms with E-state index < -0.39 is 23.4 Å². The van der Waals surface area contributed by atoms with Crippen LogP contribution in [0.4, 0.5) is 17.1 Å². The fraction of sp³-hybridized carbons (Fsp3) is 0.391. The smallest absolute Gasteiger partial charge is 0.338 e. The molecule has 0 spiro atoms. The summed E-state index contributed by atoms with van der Waals surface area (Å²) in [6.07, 6.45) is 3.07. The van der Waals surface area contributed by atoms with Gasteiger partial charge in [-0.3, -0.25) is 14.9 Å². The van der Waals surface area contributed by atoms with Crippen LogP contribution in [-0.2, 0) is 9.53 Å². The average Bonchev–Trinajstić information content (AvgIpc) is 2.77. The van der Waals surface area contributed by atoms with Gasteiger partial charge in [0.05, 0.1) is 10.5 Å². The molecule has 0 unspecified atom stereocenters. The summed E-state index contributed by atoms with van der Waals surface area (Å²) in [6.45, 7) is 5.06. The molecular weight excluding hydrogens is 398 g/mol. The summed E-state index contributed by atoms with van der Waals surface area (Å²) < 4.78 is 5.10. The van der Waals surface area contributed by atoms with Gasteiger partial charge < -0.3 is 15.0 Å². The lowest BCUT2D eigenvalue weighted by Gasteiger charge is -2.28. The molecule has 1 heterocycles. The van der Waals surface area contributed by atoms with Crippen molar-refractivity contribution in [2.24, 2.45) is 0 Å². The maximum Gasteiger partial charge on any atom is 0.338 e. The highest BCUT2D eigenvalue weighted by molar-refractivity contribution is 5.96. The summed E-state index contributed by atoms with van der Waals surface area (Å²) in [4.78, 5) is 37.7. The standard InChI is InChI=1S/C23H27N3O5/c1-16(2)18-8-4-5-9-19(18)24-22(27)15-31-23(28)17-10-11-20(21(14-17)26(29)30)25-12-6-3-7-13-25/h4-5,8-11,14,16H,3,6-7,12-13,15H2,1-2H3,(H,24,27). The molecule has 164 valence electrons. The monoisotopic (exact) mass is 425 g/mol. The molecule has 1 aliphatic rings. The van der Waals surface area contributed by atoms with Crippen molar-refractivity contribution in [1.29, 1.82) is 0 Å². The first-order valence-corrected chi connectivity index (χ1v) is 10.5. The number of amides is 1. The Morgan fingerprint density at radius 2 is 1.84 bits per heavy atom. The highest BCUT2D eigenvalue weighted by Gasteiger charge is 2.24. The number of hydrogen-bond acceptors (Lipinski definition) is 6. The summed E-state index contributed by atoms with van der Waals surface area (Å²) in [5, 5.41) is 14.3. The average molecular weight is 425 g/mol. The fourth-order valence-electron chi connectivity index (χ4n) is 3.71. The third-order valence-corrected chi connectivity index (χ3v) is 5.30.